The summed E-state index contributed by atoms with van der Waals surface area (Å²) in [5.41, 5.74) is 1.58. The molecule has 0 spiro atoms. The number of carbonyl (C=O) groups excluding carboxylic acids is 1. The number of nitrogens with one attached hydrogen (secondary N) is 1. The van der Waals surface area contributed by atoms with Crippen molar-refractivity contribution in [1.29, 1.82) is 0 Å². The summed E-state index contributed by atoms with van der Waals surface area (Å²) in [4.78, 5) is 26.6. The van der Waals surface area contributed by atoms with Crippen molar-refractivity contribution < 1.29 is 9.90 Å². The Bertz CT molecular complexity index is 700. The number of aliphatic hydroxyl groups excluding tert-OH is 1. The van der Waals surface area contributed by atoms with E-state index in [4.69, 9.17) is 4.98 Å². The minimum absolute atomic E-state index is 0.0704. The fourth-order valence-corrected chi connectivity index (χ4v) is 4.57. The van der Waals surface area contributed by atoms with Crippen LogP contribution in [0.25, 0.3) is 0 Å². The van der Waals surface area contributed by atoms with Crippen molar-refractivity contribution in [3.05, 3.63) is 17.1 Å². The average Bonchev–Trinajstić information content (AvgIpc) is 2.68. The van der Waals surface area contributed by atoms with Crippen molar-refractivity contribution in [2.24, 2.45) is 0 Å². The number of likely N-dealkylation sites (tertiary alicyclic amines) is 1. The van der Waals surface area contributed by atoms with Gasteiger partial charge in [0, 0.05) is 43.7 Å². The van der Waals surface area contributed by atoms with Crippen molar-refractivity contribution in [1.82, 2.24) is 20.2 Å². The molecule has 3 aliphatic rings. The van der Waals surface area contributed by atoms with Crippen LogP contribution in [-0.2, 0) is 6.42 Å². The fraction of sp³-hybridized carbons (Fsp3) is 0.750. The standard InChI is InChI=1S/C20H31N5O2/c1-13(2)18-22-17-16(5-8-21-20(17)27)19(23-18)24-10-6-14(7-11-24)25-9-3-4-15(26)12-25/h13-15,26H,3-12H2,1-2H3,(H,21,27). The highest BCUT2D eigenvalue weighted by atomic mass is 16.3. The predicted octanol–water partition coefficient (Wildman–Crippen LogP) is 1.31. The number of anilines is 1. The first-order valence-corrected chi connectivity index (χ1v) is 10.4. The van der Waals surface area contributed by atoms with E-state index in [0.29, 0.717) is 18.3 Å². The van der Waals surface area contributed by atoms with Gasteiger partial charge in [-0.15, -0.1) is 0 Å². The minimum Gasteiger partial charge on any atom is -0.392 e. The maximum absolute atomic E-state index is 12.3. The van der Waals surface area contributed by atoms with Gasteiger partial charge in [0.05, 0.1) is 6.10 Å². The number of amides is 1. The zero-order chi connectivity index (χ0) is 19.0. The van der Waals surface area contributed by atoms with Gasteiger partial charge < -0.3 is 15.3 Å². The van der Waals surface area contributed by atoms with Crippen molar-refractivity contribution in [3.63, 3.8) is 0 Å². The van der Waals surface area contributed by atoms with Crippen LogP contribution in [0.3, 0.4) is 0 Å². The molecule has 1 aromatic rings. The van der Waals surface area contributed by atoms with E-state index in [1.807, 2.05) is 0 Å². The van der Waals surface area contributed by atoms with Crippen LogP contribution in [0.5, 0.6) is 0 Å². The lowest BCUT2D eigenvalue weighted by Crippen LogP contribution is -2.50. The number of β-amino-alcohol motifs (C(OH)–C–C–N with tert-alkyl or cyclic N) is 1. The Morgan fingerprint density at radius 1 is 1.15 bits per heavy atom. The van der Waals surface area contributed by atoms with Crippen LogP contribution in [0.2, 0.25) is 0 Å². The van der Waals surface area contributed by atoms with Gasteiger partial charge in [0.15, 0.2) is 0 Å². The summed E-state index contributed by atoms with van der Waals surface area (Å²) in [7, 11) is 0. The van der Waals surface area contributed by atoms with Crippen molar-refractivity contribution in [3.8, 4) is 0 Å². The molecular formula is C20H31N5O2. The van der Waals surface area contributed by atoms with E-state index in [-0.39, 0.29) is 17.9 Å². The molecule has 2 N–H and O–H groups in total. The molecule has 7 nitrogen and oxygen atoms in total. The number of hydrogen-bond acceptors (Lipinski definition) is 6. The first-order valence-electron chi connectivity index (χ1n) is 10.4. The Morgan fingerprint density at radius 3 is 2.63 bits per heavy atom. The molecular weight excluding hydrogens is 342 g/mol. The summed E-state index contributed by atoms with van der Waals surface area (Å²) < 4.78 is 0. The summed E-state index contributed by atoms with van der Waals surface area (Å²) in [6, 6.07) is 0.543. The van der Waals surface area contributed by atoms with Crippen LogP contribution in [0, 0.1) is 0 Å². The Labute approximate surface area is 161 Å². The van der Waals surface area contributed by atoms with Crippen molar-refractivity contribution in [2.45, 2.75) is 64.0 Å². The third-order valence-corrected chi connectivity index (χ3v) is 6.10. The summed E-state index contributed by atoms with van der Waals surface area (Å²) in [5, 5.41) is 12.9. The number of piperidine rings is 2. The van der Waals surface area contributed by atoms with E-state index in [1.165, 1.54) is 0 Å². The molecule has 1 aromatic heterocycles. The summed E-state index contributed by atoms with van der Waals surface area (Å²) in [6.45, 7) is 8.60. The molecule has 4 heterocycles. The number of rotatable bonds is 3. The molecule has 27 heavy (non-hydrogen) atoms. The Balaban J connectivity index is 1.53. The zero-order valence-corrected chi connectivity index (χ0v) is 16.4. The monoisotopic (exact) mass is 373 g/mol. The molecule has 2 fully saturated rings. The number of aromatic nitrogens is 2. The highest BCUT2D eigenvalue weighted by molar-refractivity contribution is 5.96. The highest BCUT2D eigenvalue weighted by Crippen LogP contribution is 2.30. The second kappa shape index (κ2) is 7.72. The molecule has 0 saturated carbocycles. The van der Waals surface area contributed by atoms with E-state index in [9.17, 15) is 9.90 Å². The lowest BCUT2D eigenvalue weighted by atomic mass is 9.98. The van der Waals surface area contributed by atoms with E-state index >= 15 is 0 Å². The van der Waals surface area contributed by atoms with Crippen molar-refractivity contribution >= 4 is 11.7 Å². The van der Waals surface area contributed by atoms with Gasteiger partial charge in [0.2, 0.25) is 0 Å². The van der Waals surface area contributed by atoms with Gasteiger partial charge in [-0.1, -0.05) is 13.8 Å². The normalized spacial score (nSPS) is 24.8. The Hall–Kier alpha value is -1.73. The van der Waals surface area contributed by atoms with Crippen LogP contribution in [0.15, 0.2) is 0 Å². The number of aliphatic hydroxyl groups is 1. The molecule has 1 atom stereocenters. The Kier molecular flexibility index (Phi) is 5.32. The largest absolute Gasteiger partial charge is 0.392 e. The number of hydrogen-bond donors (Lipinski definition) is 2. The zero-order valence-electron chi connectivity index (χ0n) is 16.4. The second-order valence-electron chi connectivity index (χ2n) is 8.40. The lowest BCUT2D eigenvalue weighted by molar-refractivity contribution is 0.0398. The van der Waals surface area contributed by atoms with Gasteiger partial charge in [-0.2, -0.15) is 0 Å². The van der Waals surface area contributed by atoms with E-state index in [0.717, 1.165) is 75.5 Å². The smallest absolute Gasteiger partial charge is 0.270 e. The number of nitrogens with zero attached hydrogens (tertiary/aromatic N) is 4. The molecule has 7 heteroatoms. The molecule has 4 rings (SSSR count). The summed E-state index contributed by atoms with van der Waals surface area (Å²) in [6.07, 6.45) is 4.81. The quantitative estimate of drug-likeness (QED) is 0.831. The third kappa shape index (κ3) is 3.80. The average molecular weight is 374 g/mol. The molecule has 3 aliphatic heterocycles. The molecule has 0 aromatic carbocycles. The SMILES string of the molecule is CC(C)c1nc2c(c(N3CCC(N4CCCC(O)C4)CC3)n1)CCNC2=O. The molecule has 0 bridgehead atoms. The first-order chi connectivity index (χ1) is 13.0. The van der Waals surface area contributed by atoms with Crippen LogP contribution in [0.4, 0.5) is 5.82 Å². The summed E-state index contributed by atoms with van der Waals surface area (Å²) in [5.74, 6) is 1.84. The number of fused-ring (bicyclic) bond motifs is 1. The van der Waals surface area contributed by atoms with E-state index in [2.05, 4.69) is 33.9 Å². The van der Waals surface area contributed by atoms with Crippen LogP contribution in [-0.4, -0.2) is 70.8 Å². The summed E-state index contributed by atoms with van der Waals surface area (Å²) >= 11 is 0. The molecule has 0 radical (unpaired) electrons. The maximum atomic E-state index is 12.3. The molecule has 1 unspecified atom stereocenters. The first kappa shape index (κ1) is 18.6. The van der Waals surface area contributed by atoms with E-state index in [1.54, 1.807) is 0 Å². The van der Waals surface area contributed by atoms with Crippen LogP contribution < -0.4 is 10.2 Å². The topological polar surface area (TPSA) is 81.6 Å². The highest BCUT2D eigenvalue weighted by Gasteiger charge is 2.31. The van der Waals surface area contributed by atoms with Gasteiger partial charge in [0.25, 0.3) is 5.91 Å². The molecule has 2 saturated heterocycles. The predicted molar refractivity (Wildman–Crippen MR) is 104 cm³/mol. The van der Waals surface area contributed by atoms with E-state index < -0.39 is 0 Å². The maximum Gasteiger partial charge on any atom is 0.270 e. The van der Waals surface area contributed by atoms with Crippen LogP contribution in [0.1, 0.15) is 67.3 Å². The lowest BCUT2D eigenvalue weighted by Gasteiger charge is -2.42. The van der Waals surface area contributed by atoms with Crippen LogP contribution >= 0.6 is 0 Å². The number of carbonyl (C=O) groups is 1. The van der Waals surface area contributed by atoms with Gasteiger partial charge in [-0.3, -0.25) is 9.69 Å². The minimum atomic E-state index is -0.169. The van der Waals surface area contributed by atoms with Gasteiger partial charge >= 0.3 is 0 Å². The second-order valence-corrected chi connectivity index (χ2v) is 8.40. The third-order valence-electron chi connectivity index (χ3n) is 6.10. The molecule has 148 valence electrons. The van der Waals surface area contributed by atoms with Gasteiger partial charge in [-0.25, -0.2) is 9.97 Å². The fourth-order valence-electron chi connectivity index (χ4n) is 4.57. The van der Waals surface area contributed by atoms with Gasteiger partial charge in [-0.05, 0) is 38.6 Å². The molecule has 0 aliphatic carbocycles. The van der Waals surface area contributed by atoms with Crippen molar-refractivity contribution in [2.75, 3.05) is 37.6 Å². The van der Waals surface area contributed by atoms with Gasteiger partial charge in [0.1, 0.15) is 17.3 Å². The Morgan fingerprint density at radius 2 is 1.93 bits per heavy atom. The molecule has 1 amide bonds.